The highest BCUT2D eigenvalue weighted by Gasteiger charge is 2.21. The second-order valence-electron chi connectivity index (χ2n) is 5.28. The minimum Gasteiger partial charge on any atom is -0.394 e. The zero-order valence-electron chi connectivity index (χ0n) is 12.3. The van der Waals surface area contributed by atoms with Crippen molar-refractivity contribution in [1.29, 1.82) is 0 Å². The molecule has 1 aliphatic heterocycles. The summed E-state index contributed by atoms with van der Waals surface area (Å²) in [4.78, 5) is 6.74. The third-order valence-corrected chi connectivity index (χ3v) is 3.60. The first kappa shape index (κ1) is 15.4. The summed E-state index contributed by atoms with van der Waals surface area (Å²) in [6.07, 6.45) is 5.42. The molecule has 1 aliphatic rings. The van der Waals surface area contributed by atoms with Crippen molar-refractivity contribution in [2.75, 3.05) is 26.3 Å². The molecule has 0 spiro atoms. The van der Waals surface area contributed by atoms with E-state index in [1.54, 1.807) is 0 Å². The van der Waals surface area contributed by atoms with E-state index >= 15 is 0 Å². The molecule has 1 fully saturated rings. The van der Waals surface area contributed by atoms with E-state index in [-0.39, 0.29) is 12.7 Å². The molecule has 6 heteroatoms. The van der Waals surface area contributed by atoms with Gasteiger partial charge >= 0.3 is 0 Å². The quantitative estimate of drug-likeness (QED) is 0.777. The van der Waals surface area contributed by atoms with Gasteiger partial charge in [0.1, 0.15) is 0 Å². The van der Waals surface area contributed by atoms with Crippen LogP contribution in [0.1, 0.15) is 44.3 Å². The zero-order chi connectivity index (χ0) is 14.2. The Bertz CT molecular complexity index is 375. The van der Waals surface area contributed by atoms with E-state index in [0.29, 0.717) is 12.5 Å². The molecular formula is C14H25N3O3. The number of hydrogen-bond acceptors (Lipinski definition) is 6. The normalized spacial score (nSPS) is 17.7. The van der Waals surface area contributed by atoms with Crippen molar-refractivity contribution in [3.8, 4) is 0 Å². The average molecular weight is 283 g/mol. The fourth-order valence-electron chi connectivity index (χ4n) is 2.44. The molecule has 0 aromatic carbocycles. The molecule has 0 atom stereocenters. The van der Waals surface area contributed by atoms with Crippen molar-refractivity contribution in [3.05, 3.63) is 11.7 Å². The first-order chi connectivity index (χ1) is 9.81. The Morgan fingerprint density at radius 1 is 1.40 bits per heavy atom. The topological polar surface area (TPSA) is 71.6 Å². The van der Waals surface area contributed by atoms with Gasteiger partial charge in [0.2, 0.25) is 5.89 Å². The van der Waals surface area contributed by atoms with Crippen LogP contribution in [-0.2, 0) is 17.7 Å². The van der Waals surface area contributed by atoms with E-state index in [1.807, 2.05) is 0 Å². The van der Waals surface area contributed by atoms with E-state index in [0.717, 1.165) is 57.6 Å². The predicted molar refractivity (Wildman–Crippen MR) is 74.2 cm³/mol. The number of aliphatic hydroxyl groups is 1. The molecule has 20 heavy (non-hydrogen) atoms. The van der Waals surface area contributed by atoms with Gasteiger partial charge in [-0.05, 0) is 19.3 Å². The first-order valence-electron chi connectivity index (χ1n) is 7.58. The van der Waals surface area contributed by atoms with Crippen LogP contribution in [0.2, 0.25) is 0 Å². The molecule has 1 N–H and O–H groups in total. The van der Waals surface area contributed by atoms with E-state index in [1.165, 1.54) is 0 Å². The van der Waals surface area contributed by atoms with Gasteiger partial charge in [-0.25, -0.2) is 0 Å². The van der Waals surface area contributed by atoms with Gasteiger partial charge in [0.25, 0.3) is 0 Å². The number of ether oxygens (including phenoxy) is 1. The number of rotatable bonds is 8. The molecule has 2 rings (SSSR count). The number of likely N-dealkylation sites (tertiary alicyclic amines) is 1. The SMILES string of the molecule is CCCCc1noc(CN2CCC(OCCO)CC2)n1. The van der Waals surface area contributed by atoms with Crippen LogP contribution in [0, 0.1) is 0 Å². The highest BCUT2D eigenvalue weighted by atomic mass is 16.5. The van der Waals surface area contributed by atoms with Crippen LogP contribution >= 0.6 is 0 Å². The van der Waals surface area contributed by atoms with Crippen LogP contribution in [0.25, 0.3) is 0 Å². The van der Waals surface area contributed by atoms with Crippen molar-refractivity contribution in [3.63, 3.8) is 0 Å². The molecule has 0 saturated carbocycles. The summed E-state index contributed by atoms with van der Waals surface area (Å²) in [5.41, 5.74) is 0. The molecular weight excluding hydrogens is 258 g/mol. The second-order valence-corrected chi connectivity index (χ2v) is 5.28. The van der Waals surface area contributed by atoms with Crippen molar-refractivity contribution in [2.45, 2.75) is 51.7 Å². The van der Waals surface area contributed by atoms with Crippen LogP contribution in [0.15, 0.2) is 4.52 Å². The lowest BCUT2D eigenvalue weighted by molar-refractivity contribution is -0.0104. The minimum absolute atomic E-state index is 0.0999. The highest BCUT2D eigenvalue weighted by molar-refractivity contribution is 4.87. The smallest absolute Gasteiger partial charge is 0.240 e. The highest BCUT2D eigenvalue weighted by Crippen LogP contribution is 2.15. The van der Waals surface area contributed by atoms with Gasteiger partial charge in [-0.2, -0.15) is 4.98 Å². The molecule has 2 heterocycles. The molecule has 114 valence electrons. The van der Waals surface area contributed by atoms with E-state index in [2.05, 4.69) is 22.0 Å². The van der Waals surface area contributed by atoms with Crippen LogP contribution in [-0.4, -0.2) is 52.6 Å². The molecule has 0 amide bonds. The maximum Gasteiger partial charge on any atom is 0.240 e. The van der Waals surface area contributed by atoms with Crippen LogP contribution in [0.5, 0.6) is 0 Å². The molecule has 1 saturated heterocycles. The summed E-state index contributed by atoms with van der Waals surface area (Å²) in [6.45, 7) is 5.37. The summed E-state index contributed by atoms with van der Waals surface area (Å²) < 4.78 is 10.8. The zero-order valence-corrected chi connectivity index (χ0v) is 12.3. The Balaban J connectivity index is 1.70. The Labute approximate surface area is 120 Å². The predicted octanol–water partition coefficient (Wildman–Crippen LogP) is 1.39. The Morgan fingerprint density at radius 2 is 2.20 bits per heavy atom. The number of aromatic nitrogens is 2. The van der Waals surface area contributed by atoms with Gasteiger partial charge in [0, 0.05) is 19.5 Å². The molecule has 0 radical (unpaired) electrons. The number of nitrogens with zero attached hydrogens (tertiary/aromatic N) is 3. The van der Waals surface area contributed by atoms with Crippen molar-refractivity contribution in [2.24, 2.45) is 0 Å². The summed E-state index contributed by atoms with van der Waals surface area (Å²) >= 11 is 0. The molecule has 1 aromatic heterocycles. The largest absolute Gasteiger partial charge is 0.394 e. The number of hydrogen-bond donors (Lipinski definition) is 1. The first-order valence-corrected chi connectivity index (χ1v) is 7.58. The van der Waals surface area contributed by atoms with Gasteiger partial charge in [-0.15, -0.1) is 0 Å². The maximum absolute atomic E-state index is 8.74. The van der Waals surface area contributed by atoms with Gasteiger partial charge in [-0.3, -0.25) is 4.90 Å². The molecule has 0 unspecified atom stereocenters. The molecule has 6 nitrogen and oxygen atoms in total. The van der Waals surface area contributed by atoms with Crippen LogP contribution in [0.4, 0.5) is 0 Å². The van der Waals surface area contributed by atoms with Gasteiger partial charge in [0.05, 0.1) is 25.9 Å². The average Bonchev–Trinajstić information content (AvgIpc) is 2.92. The standard InChI is InChI=1S/C14H25N3O3/c1-2-3-4-13-15-14(20-16-13)11-17-7-5-12(6-8-17)19-10-9-18/h12,18H,2-11H2,1H3. The molecule has 0 aliphatic carbocycles. The second kappa shape index (κ2) is 8.34. The van der Waals surface area contributed by atoms with E-state index < -0.39 is 0 Å². The van der Waals surface area contributed by atoms with Gasteiger partial charge in [0.15, 0.2) is 5.82 Å². The summed E-state index contributed by atoms with van der Waals surface area (Å²) in [5, 5.41) is 12.8. The summed E-state index contributed by atoms with van der Waals surface area (Å²) in [7, 11) is 0. The number of piperidine rings is 1. The Hall–Kier alpha value is -0.980. The fourth-order valence-corrected chi connectivity index (χ4v) is 2.44. The number of unbranched alkanes of at least 4 members (excludes halogenated alkanes) is 1. The van der Waals surface area contributed by atoms with Crippen molar-refractivity contribution >= 4 is 0 Å². The molecule has 0 bridgehead atoms. The third-order valence-electron chi connectivity index (χ3n) is 3.60. The fraction of sp³-hybridized carbons (Fsp3) is 0.857. The monoisotopic (exact) mass is 283 g/mol. The minimum atomic E-state index is 0.0999. The summed E-state index contributed by atoms with van der Waals surface area (Å²) in [5.74, 6) is 1.54. The van der Waals surface area contributed by atoms with Crippen LogP contribution in [0.3, 0.4) is 0 Å². The number of aliphatic hydroxyl groups excluding tert-OH is 1. The molecule has 1 aromatic rings. The van der Waals surface area contributed by atoms with Gasteiger partial charge in [-0.1, -0.05) is 18.5 Å². The van der Waals surface area contributed by atoms with E-state index in [9.17, 15) is 0 Å². The maximum atomic E-state index is 8.74. The third kappa shape index (κ3) is 4.85. The lowest BCUT2D eigenvalue weighted by Crippen LogP contribution is -2.37. The number of aryl methyl sites for hydroxylation is 1. The van der Waals surface area contributed by atoms with Crippen LogP contribution < -0.4 is 0 Å². The lowest BCUT2D eigenvalue weighted by atomic mass is 10.1. The van der Waals surface area contributed by atoms with E-state index in [4.69, 9.17) is 14.4 Å². The summed E-state index contributed by atoms with van der Waals surface area (Å²) in [6, 6.07) is 0. The Morgan fingerprint density at radius 3 is 2.90 bits per heavy atom. The lowest BCUT2D eigenvalue weighted by Gasteiger charge is -2.30. The van der Waals surface area contributed by atoms with Crippen molar-refractivity contribution < 1.29 is 14.4 Å². The van der Waals surface area contributed by atoms with Gasteiger partial charge < -0.3 is 14.4 Å². The Kier molecular flexibility index (Phi) is 6.42. The van der Waals surface area contributed by atoms with Crippen molar-refractivity contribution in [1.82, 2.24) is 15.0 Å².